The van der Waals surface area contributed by atoms with E-state index in [2.05, 4.69) is 10.6 Å². The van der Waals surface area contributed by atoms with Gasteiger partial charge in [0.15, 0.2) is 0 Å². The number of hydrogen-bond donors (Lipinski definition) is 5. The van der Waals surface area contributed by atoms with E-state index in [1.54, 1.807) is 0 Å². The van der Waals surface area contributed by atoms with Crippen LogP contribution >= 0.6 is 0 Å². The molecule has 1 saturated heterocycles. The zero-order valence-corrected chi connectivity index (χ0v) is 17.4. The van der Waals surface area contributed by atoms with Gasteiger partial charge in [-0.25, -0.2) is 13.1 Å². The first kappa shape index (κ1) is 24.2. The number of piperidine rings is 1. The summed E-state index contributed by atoms with van der Waals surface area (Å²) in [7, 11) is -4.55. The average Bonchev–Trinajstić information content (AvgIpc) is 2.72. The van der Waals surface area contributed by atoms with Gasteiger partial charge in [0, 0.05) is 18.5 Å². The van der Waals surface area contributed by atoms with Crippen molar-refractivity contribution in [3.63, 3.8) is 0 Å². The van der Waals surface area contributed by atoms with E-state index in [0.29, 0.717) is 31.5 Å². The number of amides is 2. The van der Waals surface area contributed by atoms with E-state index in [9.17, 15) is 41.4 Å². The van der Waals surface area contributed by atoms with Gasteiger partial charge in [0.2, 0.25) is 21.8 Å². The highest BCUT2D eigenvalue weighted by Crippen LogP contribution is 2.30. The second-order valence-electron chi connectivity index (χ2n) is 7.59. The fraction of sp³-hybridized carbons (Fsp3) is 0.474. The average molecular weight is 477 g/mol. The molecule has 9 nitrogen and oxygen atoms in total. The van der Waals surface area contributed by atoms with Crippen LogP contribution in [-0.4, -0.2) is 61.3 Å². The van der Waals surface area contributed by atoms with Crippen molar-refractivity contribution in [2.24, 2.45) is 0 Å². The molecule has 0 unspecified atom stereocenters. The van der Waals surface area contributed by atoms with Crippen molar-refractivity contribution in [3.8, 4) is 0 Å². The molecule has 13 heteroatoms. The van der Waals surface area contributed by atoms with E-state index in [1.807, 2.05) is 4.72 Å². The Morgan fingerprint density at radius 2 is 1.94 bits per heavy atom. The summed E-state index contributed by atoms with van der Waals surface area (Å²) in [6.07, 6.45) is -6.09. The Labute approximate surface area is 181 Å². The largest absolute Gasteiger partial charge is 0.416 e. The van der Waals surface area contributed by atoms with Crippen LogP contribution in [0.4, 0.5) is 13.2 Å². The third-order valence-electron chi connectivity index (χ3n) is 5.22. The van der Waals surface area contributed by atoms with Crippen molar-refractivity contribution in [2.75, 3.05) is 6.54 Å². The number of aliphatic hydroxyl groups excluding tert-OH is 2. The van der Waals surface area contributed by atoms with Crippen LogP contribution in [-0.2, 0) is 25.8 Å². The molecule has 1 aromatic carbocycles. The SMILES string of the molecule is O=C(N[C@@H]1CCCNC1=O)C1=C[C@H](NS(=O)(=O)c2cccc(C(F)(F)F)c2)[C@@H](O)[C@H](O)C1. The molecule has 0 saturated carbocycles. The van der Waals surface area contributed by atoms with E-state index >= 15 is 0 Å². The summed E-state index contributed by atoms with van der Waals surface area (Å²) in [6, 6.07) is 0.741. The highest BCUT2D eigenvalue weighted by atomic mass is 32.2. The number of hydrogen-bond acceptors (Lipinski definition) is 6. The lowest BCUT2D eigenvalue weighted by Crippen LogP contribution is -2.53. The summed E-state index contributed by atoms with van der Waals surface area (Å²) in [5.41, 5.74) is -1.25. The number of carbonyl (C=O) groups excluding carboxylic acids is 2. The third-order valence-corrected chi connectivity index (χ3v) is 6.67. The smallest absolute Gasteiger partial charge is 0.390 e. The lowest BCUT2D eigenvalue weighted by Gasteiger charge is -2.31. The first-order chi connectivity index (χ1) is 14.9. The predicted octanol–water partition coefficient (Wildman–Crippen LogP) is -0.201. The number of carbonyl (C=O) groups is 2. The van der Waals surface area contributed by atoms with Crippen LogP contribution in [0.2, 0.25) is 0 Å². The van der Waals surface area contributed by atoms with Crippen LogP contribution in [0, 0.1) is 0 Å². The zero-order chi connectivity index (χ0) is 23.7. The van der Waals surface area contributed by atoms with Crippen molar-refractivity contribution in [3.05, 3.63) is 41.5 Å². The van der Waals surface area contributed by atoms with E-state index in [0.717, 1.165) is 18.2 Å². The molecule has 5 N–H and O–H groups in total. The summed E-state index contributed by atoms with van der Waals surface area (Å²) < 4.78 is 66.0. The highest BCUT2D eigenvalue weighted by molar-refractivity contribution is 7.89. The van der Waals surface area contributed by atoms with Crippen molar-refractivity contribution in [1.82, 2.24) is 15.4 Å². The van der Waals surface area contributed by atoms with Gasteiger partial charge in [0.25, 0.3) is 0 Å². The van der Waals surface area contributed by atoms with E-state index in [-0.39, 0.29) is 17.9 Å². The summed E-state index contributed by atoms with van der Waals surface area (Å²) in [5, 5.41) is 25.4. The lowest BCUT2D eigenvalue weighted by atomic mass is 9.90. The van der Waals surface area contributed by atoms with Gasteiger partial charge >= 0.3 is 6.18 Å². The standard InChI is InChI=1S/C19H22F3N3O6S/c20-19(21,22)11-3-1-4-12(9-11)32(30,31)25-14-7-10(8-15(26)16(14)27)17(28)24-13-5-2-6-23-18(13)29/h1,3-4,7,9,13-16,25-27H,2,5-6,8H2,(H,23,29)(H,24,28)/t13-,14+,15-,16-/m1/s1. The van der Waals surface area contributed by atoms with Gasteiger partial charge in [-0.1, -0.05) is 12.1 Å². The fourth-order valence-corrected chi connectivity index (χ4v) is 4.73. The minimum atomic E-state index is -4.76. The molecule has 1 heterocycles. The molecule has 176 valence electrons. The van der Waals surface area contributed by atoms with Gasteiger partial charge in [0.05, 0.1) is 22.6 Å². The maximum Gasteiger partial charge on any atom is 0.416 e. The number of benzene rings is 1. The molecule has 1 aliphatic carbocycles. The molecule has 32 heavy (non-hydrogen) atoms. The van der Waals surface area contributed by atoms with E-state index in [4.69, 9.17) is 0 Å². The number of sulfonamides is 1. The van der Waals surface area contributed by atoms with Crippen molar-refractivity contribution in [2.45, 2.75) is 54.6 Å². The normalized spacial score (nSPS) is 26.8. The fourth-order valence-electron chi connectivity index (χ4n) is 3.49. The summed E-state index contributed by atoms with van der Waals surface area (Å²) in [6.45, 7) is 0.484. The van der Waals surface area contributed by atoms with Gasteiger partial charge in [-0.15, -0.1) is 0 Å². The molecule has 3 rings (SSSR count). The van der Waals surface area contributed by atoms with E-state index in [1.165, 1.54) is 0 Å². The van der Waals surface area contributed by atoms with Crippen molar-refractivity contribution < 1.29 is 41.4 Å². The predicted molar refractivity (Wildman–Crippen MR) is 104 cm³/mol. The van der Waals surface area contributed by atoms with Crippen LogP contribution in [0.25, 0.3) is 0 Å². The maximum atomic E-state index is 12.9. The van der Waals surface area contributed by atoms with Gasteiger partial charge in [-0.3, -0.25) is 9.59 Å². The van der Waals surface area contributed by atoms with Crippen molar-refractivity contribution in [1.29, 1.82) is 0 Å². The molecule has 1 fully saturated rings. The number of aliphatic hydroxyl groups is 2. The molecule has 1 aromatic rings. The molecule has 2 amide bonds. The Kier molecular flexibility index (Phi) is 6.93. The molecule has 0 bridgehead atoms. The van der Waals surface area contributed by atoms with Gasteiger partial charge in [-0.05, 0) is 31.0 Å². The lowest BCUT2D eigenvalue weighted by molar-refractivity contribution is -0.137. The summed E-state index contributed by atoms with van der Waals surface area (Å²) >= 11 is 0. The number of halogens is 3. The Bertz CT molecular complexity index is 1030. The number of alkyl halides is 3. The summed E-state index contributed by atoms with van der Waals surface area (Å²) in [4.78, 5) is 23.7. The van der Waals surface area contributed by atoms with E-state index < -0.39 is 56.9 Å². The number of nitrogens with one attached hydrogen (secondary N) is 3. The highest BCUT2D eigenvalue weighted by Gasteiger charge is 2.37. The zero-order valence-electron chi connectivity index (χ0n) is 16.6. The number of rotatable bonds is 5. The van der Waals surface area contributed by atoms with Crippen LogP contribution in [0.5, 0.6) is 0 Å². The molecule has 2 aliphatic rings. The van der Waals surface area contributed by atoms with Crippen LogP contribution in [0.1, 0.15) is 24.8 Å². The maximum absolute atomic E-state index is 12.9. The molecule has 0 aromatic heterocycles. The Morgan fingerprint density at radius 1 is 1.22 bits per heavy atom. The minimum Gasteiger partial charge on any atom is -0.390 e. The monoisotopic (exact) mass is 477 g/mol. The van der Waals surface area contributed by atoms with Crippen LogP contribution in [0.15, 0.2) is 40.8 Å². The van der Waals surface area contributed by atoms with Gasteiger partial charge in [0.1, 0.15) is 12.1 Å². The molecular formula is C19H22F3N3O6S. The molecule has 0 radical (unpaired) electrons. The summed E-state index contributed by atoms with van der Waals surface area (Å²) in [5.74, 6) is -1.09. The minimum absolute atomic E-state index is 0.0714. The van der Waals surface area contributed by atoms with Crippen LogP contribution in [0.3, 0.4) is 0 Å². The van der Waals surface area contributed by atoms with Gasteiger partial charge in [-0.2, -0.15) is 13.2 Å². The molecular weight excluding hydrogens is 455 g/mol. The topological polar surface area (TPSA) is 145 Å². The second kappa shape index (κ2) is 9.17. The molecule has 0 spiro atoms. The van der Waals surface area contributed by atoms with Gasteiger partial charge < -0.3 is 20.8 Å². The second-order valence-corrected chi connectivity index (χ2v) is 9.30. The van der Waals surface area contributed by atoms with Crippen molar-refractivity contribution >= 4 is 21.8 Å². The Balaban J connectivity index is 1.81. The Hall–Kier alpha value is -2.48. The first-order valence-corrected chi connectivity index (χ1v) is 11.2. The molecule has 1 aliphatic heterocycles. The van der Waals surface area contributed by atoms with Crippen LogP contribution < -0.4 is 15.4 Å². The first-order valence-electron chi connectivity index (χ1n) is 9.73. The quantitative estimate of drug-likeness (QED) is 0.397. The molecule has 4 atom stereocenters. The Morgan fingerprint density at radius 3 is 2.59 bits per heavy atom. The third kappa shape index (κ3) is 5.46.